The van der Waals surface area contributed by atoms with E-state index in [1.165, 1.54) is 6.33 Å². The fourth-order valence-corrected chi connectivity index (χ4v) is 3.79. The van der Waals surface area contributed by atoms with Crippen LogP contribution >= 0.6 is 0 Å². The van der Waals surface area contributed by atoms with Crippen molar-refractivity contribution in [1.82, 2.24) is 24.9 Å². The number of carbonyl (C=O) groups is 1. The van der Waals surface area contributed by atoms with Crippen LogP contribution in [0.1, 0.15) is 64.8 Å². The second-order valence-electron chi connectivity index (χ2n) is 8.14. The van der Waals surface area contributed by atoms with Gasteiger partial charge in [0, 0.05) is 23.2 Å². The van der Waals surface area contributed by atoms with Crippen LogP contribution < -0.4 is 5.32 Å². The van der Waals surface area contributed by atoms with E-state index in [4.69, 9.17) is 4.52 Å². The van der Waals surface area contributed by atoms with Crippen LogP contribution in [0, 0.1) is 0 Å². The van der Waals surface area contributed by atoms with E-state index in [0.29, 0.717) is 29.7 Å². The molecule has 0 radical (unpaired) electrons. The predicted octanol–water partition coefficient (Wildman–Crippen LogP) is 3.87. The number of aromatic nitrogens is 5. The third-order valence-electron chi connectivity index (χ3n) is 5.72. The van der Waals surface area contributed by atoms with Gasteiger partial charge in [0.1, 0.15) is 12.7 Å². The summed E-state index contributed by atoms with van der Waals surface area (Å²) in [6.07, 6.45) is 7.58. The van der Waals surface area contributed by atoms with Gasteiger partial charge >= 0.3 is 0 Å². The van der Waals surface area contributed by atoms with Crippen LogP contribution in [0.25, 0.3) is 11.1 Å². The first-order valence-corrected chi connectivity index (χ1v) is 10.3. The topological polar surface area (TPSA) is 98.7 Å². The quantitative estimate of drug-likeness (QED) is 0.527. The second kappa shape index (κ2) is 6.76. The van der Waals surface area contributed by atoms with E-state index in [1.807, 2.05) is 30.3 Å². The summed E-state index contributed by atoms with van der Waals surface area (Å²) < 4.78 is 7.28. The summed E-state index contributed by atoms with van der Waals surface area (Å²) in [5, 5.41) is 12.2. The molecule has 0 saturated heterocycles. The summed E-state index contributed by atoms with van der Waals surface area (Å²) in [5.41, 5.74) is 4.70. The number of benzene rings is 1. The van der Waals surface area contributed by atoms with E-state index < -0.39 is 0 Å². The molecule has 1 N–H and O–H groups in total. The van der Waals surface area contributed by atoms with Crippen molar-refractivity contribution in [2.24, 2.45) is 0 Å². The Labute approximate surface area is 172 Å². The van der Waals surface area contributed by atoms with Gasteiger partial charge in [-0.3, -0.25) is 4.79 Å². The molecular weight excluding hydrogens is 380 g/mol. The largest absolute Gasteiger partial charge is 0.335 e. The number of rotatable bonds is 6. The van der Waals surface area contributed by atoms with Crippen LogP contribution in [0.3, 0.4) is 0 Å². The lowest BCUT2D eigenvalue weighted by Crippen LogP contribution is -2.13. The van der Waals surface area contributed by atoms with Gasteiger partial charge in [-0.25, -0.2) is 14.6 Å². The number of nitrogens with one attached hydrogen (secondary N) is 1. The number of carbonyl (C=O) groups excluding carboxylic acids is 1. The molecule has 0 spiro atoms. The summed E-state index contributed by atoms with van der Waals surface area (Å²) in [5.74, 6) is 0.646. The van der Waals surface area contributed by atoms with Gasteiger partial charge in [-0.15, -0.1) is 0 Å². The Kier molecular flexibility index (Phi) is 3.90. The number of anilines is 1. The normalized spacial score (nSPS) is 16.1. The summed E-state index contributed by atoms with van der Waals surface area (Å²) in [6, 6.07) is 9.69. The van der Waals surface area contributed by atoms with Crippen LogP contribution in [0.4, 0.5) is 5.69 Å². The first-order valence-electron chi connectivity index (χ1n) is 10.3. The third kappa shape index (κ3) is 3.24. The maximum absolute atomic E-state index is 13.2. The molecule has 0 atom stereocenters. The minimum Gasteiger partial charge on any atom is -0.335 e. The molecule has 1 aromatic carbocycles. The third-order valence-corrected chi connectivity index (χ3v) is 5.72. The minimum absolute atomic E-state index is 0.154. The monoisotopic (exact) mass is 400 g/mol. The highest BCUT2D eigenvalue weighted by Crippen LogP contribution is 2.45. The lowest BCUT2D eigenvalue weighted by Gasteiger charge is -2.09. The van der Waals surface area contributed by atoms with E-state index in [9.17, 15) is 4.79 Å². The first kappa shape index (κ1) is 17.3. The highest BCUT2D eigenvalue weighted by atomic mass is 16.5. The van der Waals surface area contributed by atoms with Crippen LogP contribution in [0.5, 0.6) is 0 Å². The number of nitrogens with zero attached hydrogens (tertiary/aromatic N) is 5. The van der Waals surface area contributed by atoms with Crippen molar-refractivity contribution in [3.05, 3.63) is 65.5 Å². The van der Waals surface area contributed by atoms with Crippen molar-refractivity contribution < 1.29 is 9.32 Å². The van der Waals surface area contributed by atoms with E-state index in [2.05, 4.69) is 25.5 Å². The molecule has 6 rings (SSSR count). The number of hydrogen-bond acceptors (Lipinski definition) is 6. The molecule has 0 unspecified atom stereocenters. The maximum Gasteiger partial charge on any atom is 0.259 e. The zero-order valence-corrected chi connectivity index (χ0v) is 16.3. The summed E-state index contributed by atoms with van der Waals surface area (Å²) >= 11 is 0. The fraction of sp³-hybridized carbons (Fsp3) is 0.318. The molecule has 3 aromatic heterocycles. The molecule has 30 heavy (non-hydrogen) atoms. The Morgan fingerprint density at radius 2 is 1.93 bits per heavy atom. The van der Waals surface area contributed by atoms with Crippen molar-refractivity contribution in [2.45, 2.75) is 44.1 Å². The van der Waals surface area contributed by atoms with Crippen LogP contribution in [-0.4, -0.2) is 30.8 Å². The molecule has 0 bridgehead atoms. The smallest absolute Gasteiger partial charge is 0.259 e. The van der Waals surface area contributed by atoms with Crippen molar-refractivity contribution in [3.63, 3.8) is 0 Å². The molecule has 8 nitrogen and oxygen atoms in total. The second-order valence-corrected chi connectivity index (χ2v) is 8.14. The molecule has 2 aliphatic rings. The van der Waals surface area contributed by atoms with Gasteiger partial charge < -0.3 is 9.84 Å². The molecular formula is C22H20N6O2. The number of fused-ring (bicyclic) bond motifs is 1. The maximum atomic E-state index is 13.2. The van der Waals surface area contributed by atoms with E-state index >= 15 is 0 Å². The highest BCUT2D eigenvalue weighted by Gasteiger charge is 2.34. The van der Waals surface area contributed by atoms with Gasteiger partial charge in [0.15, 0.2) is 0 Å². The Hall–Kier alpha value is -3.55. The van der Waals surface area contributed by atoms with Crippen molar-refractivity contribution in [2.75, 3.05) is 5.32 Å². The van der Waals surface area contributed by atoms with Crippen LogP contribution in [0.2, 0.25) is 0 Å². The van der Waals surface area contributed by atoms with Crippen LogP contribution in [0.15, 0.2) is 47.5 Å². The van der Waals surface area contributed by atoms with Crippen molar-refractivity contribution in [1.29, 1.82) is 0 Å². The zero-order valence-electron chi connectivity index (χ0n) is 16.3. The predicted molar refractivity (Wildman–Crippen MR) is 109 cm³/mol. The first-order chi connectivity index (χ1) is 14.7. The van der Waals surface area contributed by atoms with E-state index in [0.717, 1.165) is 53.7 Å². The standard InChI is InChI=1S/C22H20N6O2/c29-21(25-16-7-1-13(2-8-16)10-28-12-23-11-24-28)17-9-18(14-3-4-14)26-22-19(17)20(27-30-22)15-5-6-15/h1-2,7-9,11-12,14-15H,3-6,10H2,(H,25,29). The average molecular weight is 400 g/mol. The Bertz CT molecular complexity index is 1220. The number of hydrogen-bond donors (Lipinski definition) is 1. The summed E-state index contributed by atoms with van der Waals surface area (Å²) in [4.78, 5) is 21.8. The number of amides is 1. The fourth-order valence-electron chi connectivity index (χ4n) is 3.79. The minimum atomic E-state index is -0.154. The highest BCUT2D eigenvalue weighted by molar-refractivity contribution is 6.12. The molecule has 2 aliphatic carbocycles. The van der Waals surface area contributed by atoms with Gasteiger partial charge in [0.2, 0.25) is 0 Å². The zero-order chi connectivity index (χ0) is 20.1. The van der Waals surface area contributed by atoms with Gasteiger partial charge in [0.05, 0.1) is 23.2 Å². The molecule has 150 valence electrons. The van der Waals surface area contributed by atoms with Gasteiger partial charge in [-0.2, -0.15) is 5.10 Å². The summed E-state index contributed by atoms with van der Waals surface area (Å²) in [6.45, 7) is 0.634. The van der Waals surface area contributed by atoms with Gasteiger partial charge in [0.25, 0.3) is 11.6 Å². The van der Waals surface area contributed by atoms with Gasteiger partial charge in [-0.1, -0.05) is 17.3 Å². The molecule has 4 aromatic rings. The van der Waals surface area contributed by atoms with Crippen LogP contribution in [-0.2, 0) is 6.54 Å². The lowest BCUT2D eigenvalue weighted by molar-refractivity contribution is 0.102. The van der Waals surface area contributed by atoms with Gasteiger partial charge in [-0.05, 0) is 49.4 Å². The molecule has 1 amide bonds. The lowest BCUT2D eigenvalue weighted by atomic mass is 10.0. The van der Waals surface area contributed by atoms with Crippen molar-refractivity contribution in [3.8, 4) is 0 Å². The Morgan fingerprint density at radius 1 is 1.13 bits per heavy atom. The van der Waals surface area contributed by atoms with E-state index in [1.54, 1.807) is 11.0 Å². The summed E-state index contributed by atoms with van der Waals surface area (Å²) in [7, 11) is 0. The van der Waals surface area contributed by atoms with Crippen molar-refractivity contribution >= 4 is 22.7 Å². The number of pyridine rings is 1. The Morgan fingerprint density at radius 3 is 2.63 bits per heavy atom. The molecule has 2 fully saturated rings. The molecule has 8 heteroatoms. The molecule has 0 aliphatic heterocycles. The Balaban J connectivity index is 1.29. The molecule has 3 heterocycles. The average Bonchev–Trinajstić information content (AvgIpc) is 3.69. The van der Waals surface area contributed by atoms with E-state index in [-0.39, 0.29) is 5.91 Å². The SMILES string of the molecule is O=C(Nc1ccc(Cn2cncn2)cc1)c1cc(C2CC2)nc2onc(C3CC3)c12. The molecule has 2 saturated carbocycles.